The normalized spacial score (nSPS) is 14.9. The van der Waals surface area contributed by atoms with E-state index >= 15 is 0 Å². The molecular weight excluding hydrogens is 346 g/mol. The number of nitrogens with one attached hydrogen (secondary N) is 2. The molecule has 4 N–H and O–H groups in total. The average molecular weight is 380 g/mol. The molecule has 1 aliphatic rings. The summed E-state index contributed by atoms with van der Waals surface area (Å²) in [4.78, 5) is 41.4. The Morgan fingerprint density at radius 3 is 2.48 bits per heavy atom. The van der Waals surface area contributed by atoms with Crippen LogP contribution in [0.3, 0.4) is 0 Å². The molecule has 2 rings (SSSR count). The van der Waals surface area contributed by atoms with Gasteiger partial charge < -0.3 is 11.1 Å². The van der Waals surface area contributed by atoms with Gasteiger partial charge in [0.15, 0.2) is 5.69 Å². The van der Waals surface area contributed by atoms with Crippen LogP contribution in [-0.2, 0) is 6.54 Å². The first kappa shape index (κ1) is 21.1. The lowest BCUT2D eigenvalue weighted by atomic mass is 9.96. The second-order valence-electron chi connectivity index (χ2n) is 7.29. The molecule has 0 unspecified atom stereocenters. The molecule has 0 atom stereocenters. The van der Waals surface area contributed by atoms with Crippen molar-refractivity contribution in [3.63, 3.8) is 0 Å². The Bertz CT molecular complexity index is 734. The molecule has 0 radical (unpaired) electrons. The molecule has 0 aliphatic heterocycles. The van der Waals surface area contributed by atoms with E-state index in [1.165, 1.54) is 15.9 Å². The summed E-state index contributed by atoms with van der Waals surface area (Å²) in [6.45, 7) is 4.83. The molecule has 0 saturated heterocycles. The van der Waals surface area contributed by atoms with Gasteiger partial charge in [-0.3, -0.25) is 19.2 Å². The Kier molecular flexibility index (Phi) is 7.94. The van der Waals surface area contributed by atoms with E-state index in [1.54, 1.807) is 0 Å². The zero-order valence-corrected chi connectivity index (χ0v) is 16.6. The van der Waals surface area contributed by atoms with E-state index in [1.807, 2.05) is 13.8 Å². The van der Waals surface area contributed by atoms with Crippen molar-refractivity contribution in [2.24, 2.45) is 0 Å². The van der Waals surface area contributed by atoms with Gasteiger partial charge in [-0.15, -0.1) is 0 Å². The van der Waals surface area contributed by atoms with Gasteiger partial charge in [-0.2, -0.15) is 0 Å². The fourth-order valence-electron chi connectivity index (χ4n) is 3.51. The van der Waals surface area contributed by atoms with Crippen LogP contribution in [0, 0.1) is 0 Å². The van der Waals surface area contributed by atoms with E-state index in [0.717, 1.165) is 51.4 Å². The minimum Gasteiger partial charge on any atom is -0.383 e. The highest BCUT2D eigenvalue weighted by Gasteiger charge is 2.26. The fourth-order valence-corrected chi connectivity index (χ4v) is 3.51. The maximum absolute atomic E-state index is 13.0. The molecule has 0 spiro atoms. The van der Waals surface area contributed by atoms with Crippen LogP contribution < -0.4 is 27.2 Å². The van der Waals surface area contributed by atoms with Crippen LogP contribution in [0.1, 0.15) is 71.6 Å². The number of nitrogens with two attached hydrogens (primary N) is 1. The molecule has 1 saturated carbocycles. The minimum atomic E-state index is -0.611. The predicted molar refractivity (Wildman–Crippen MR) is 108 cm³/mol. The lowest BCUT2D eigenvalue weighted by Crippen LogP contribution is -2.49. The number of aromatic nitrogens is 2. The van der Waals surface area contributed by atoms with Gasteiger partial charge in [0, 0.05) is 19.1 Å². The van der Waals surface area contributed by atoms with Crippen LogP contribution in [-0.4, -0.2) is 28.2 Å². The van der Waals surface area contributed by atoms with Gasteiger partial charge in [0.1, 0.15) is 5.82 Å². The second kappa shape index (κ2) is 10.2. The largest absolute Gasteiger partial charge is 0.383 e. The molecule has 2 amide bonds. The smallest absolute Gasteiger partial charge is 0.330 e. The Morgan fingerprint density at radius 2 is 1.85 bits per heavy atom. The van der Waals surface area contributed by atoms with Gasteiger partial charge in [0.05, 0.1) is 0 Å². The van der Waals surface area contributed by atoms with Crippen molar-refractivity contribution >= 4 is 17.5 Å². The molecule has 0 bridgehead atoms. The molecule has 8 nitrogen and oxygen atoms in total. The third-order valence-electron chi connectivity index (χ3n) is 5.13. The highest BCUT2D eigenvalue weighted by Crippen LogP contribution is 2.21. The van der Waals surface area contributed by atoms with E-state index in [0.29, 0.717) is 13.1 Å². The SMILES string of the molecule is CCCCN(C(=O)NC1CCCCC1)c1c(N)n(CCCC)c(=O)[nH]c1=O. The van der Waals surface area contributed by atoms with Crippen molar-refractivity contribution in [3.8, 4) is 0 Å². The number of carbonyl (C=O) groups is 1. The number of nitrogen functional groups attached to an aromatic ring is 1. The number of rotatable bonds is 8. The summed E-state index contributed by atoms with van der Waals surface area (Å²) < 4.78 is 1.35. The number of hydrogen-bond donors (Lipinski definition) is 3. The summed E-state index contributed by atoms with van der Waals surface area (Å²) in [5.74, 6) is 0.0621. The Balaban J connectivity index is 2.35. The van der Waals surface area contributed by atoms with Gasteiger partial charge in [0.25, 0.3) is 5.56 Å². The quantitative estimate of drug-likeness (QED) is 0.644. The number of carbonyl (C=O) groups excluding carboxylic acids is 1. The standard InChI is InChI=1S/C19H33N5O3/c1-3-5-12-23(18(26)21-14-10-8-7-9-11-14)15-16(20)24(13-6-4-2)19(27)22-17(15)25/h14H,3-13,20H2,1-2H3,(H,21,26)(H,22,25,27). The number of amides is 2. The molecule has 1 aliphatic carbocycles. The molecule has 1 fully saturated rings. The van der Waals surface area contributed by atoms with Crippen LogP contribution in [0.25, 0.3) is 0 Å². The van der Waals surface area contributed by atoms with E-state index in [2.05, 4.69) is 10.3 Å². The average Bonchev–Trinajstić information content (AvgIpc) is 2.64. The number of urea groups is 1. The maximum atomic E-state index is 13.0. The van der Waals surface area contributed by atoms with E-state index < -0.39 is 11.2 Å². The number of anilines is 2. The van der Waals surface area contributed by atoms with Crippen molar-refractivity contribution < 1.29 is 4.79 Å². The first-order valence-corrected chi connectivity index (χ1v) is 10.2. The molecule has 0 aromatic carbocycles. The number of unbranched alkanes of at least 4 members (excludes halogenated alkanes) is 2. The topological polar surface area (TPSA) is 113 Å². The van der Waals surface area contributed by atoms with E-state index in [9.17, 15) is 14.4 Å². The van der Waals surface area contributed by atoms with E-state index in [4.69, 9.17) is 5.73 Å². The summed E-state index contributed by atoms with van der Waals surface area (Å²) in [5, 5.41) is 3.05. The van der Waals surface area contributed by atoms with Gasteiger partial charge in [0.2, 0.25) is 0 Å². The summed E-state index contributed by atoms with van der Waals surface area (Å²) in [5.41, 5.74) is 5.13. The highest BCUT2D eigenvalue weighted by atomic mass is 16.2. The Morgan fingerprint density at radius 1 is 1.19 bits per heavy atom. The van der Waals surface area contributed by atoms with Crippen LogP contribution in [0.15, 0.2) is 9.59 Å². The molecular formula is C19H33N5O3. The van der Waals surface area contributed by atoms with E-state index in [-0.39, 0.29) is 23.6 Å². The van der Waals surface area contributed by atoms with Gasteiger partial charge in [-0.05, 0) is 25.7 Å². The number of nitrogens with zero attached hydrogens (tertiary/aromatic N) is 2. The van der Waals surface area contributed by atoms with Crippen molar-refractivity contribution in [3.05, 3.63) is 20.8 Å². The first-order chi connectivity index (χ1) is 13.0. The number of aromatic amines is 1. The summed E-state index contributed by atoms with van der Waals surface area (Å²) in [6, 6.07) is -0.185. The molecule has 1 aromatic heterocycles. The third-order valence-corrected chi connectivity index (χ3v) is 5.13. The number of hydrogen-bond acceptors (Lipinski definition) is 4. The zero-order chi connectivity index (χ0) is 19.8. The van der Waals surface area contributed by atoms with Crippen LogP contribution in [0.2, 0.25) is 0 Å². The first-order valence-electron chi connectivity index (χ1n) is 10.2. The molecule has 27 heavy (non-hydrogen) atoms. The van der Waals surface area contributed by atoms with Crippen LogP contribution >= 0.6 is 0 Å². The highest BCUT2D eigenvalue weighted by molar-refractivity contribution is 5.94. The fraction of sp³-hybridized carbons (Fsp3) is 0.737. The van der Waals surface area contributed by atoms with Crippen LogP contribution in [0.5, 0.6) is 0 Å². The van der Waals surface area contributed by atoms with Gasteiger partial charge in [-0.25, -0.2) is 9.59 Å². The lowest BCUT2D eigenvalue weighted by Gasteiger charge is -2.29. The van der Waals surface area contributed by atoms with Gasteiger partial charge >= 0.3 is 11.7 Å². The molecule has 1 heterocycles. The zero-order valence-electron chi connectivity index (χ0n) is 16.6. The molecule has 152 valence electrons. The summed E-state index contributed by atoms with van der Waals surface area (Å²) in [6.07, 6.45) is 8.58. The van der Waals surface area contributed by atoms with Crippen LogP contribution in [0.4, 0.5) is 16.3 Å². The molecule has 8 heteroatoms. The summed E-state index contributed by atoms with van der Waals surface area (Å²) >= 11 is 0. The summed E-state index contributed by atoms with van der Waals surface area (Å²) in [7, 11) is 0. The maximum Gasteiger partial charge on any atom is 0.330 e. The molecule has 1 aromatic rings. The van der Waals surface area contributed by atoms with Crippen molar-refractivity contribution in [2.45, 2.75) is 84.2 Å². The Hall–Kier alpha value is -2.25. The monoisotopic (exact) mass is 379 g/mol. The van der Waals surface area contributed by atoms with Crippen molar-refractivity contribution in [1.29, 1.82) is 0 Å². The Labute approximate surface area is 160 Å². The van der Waals surface area contributed by atoms with Crippen molar-refractivity contribution in [1.82, 2.24) is 14.9 Å². The predicted octanol–water partition coefficient (Wildman–Crippen LogP) is 2.57. The van der Waals surface area contributed by atoms with Crippen molar-refractivity contribution in [2.75, 3.05) is 17.2 Å². The minimum absolute atomic E-state index is 0.0621. The van der Waals surface area contributed by atoms with Gasteiger partial charge in [-0.1, -0.05) is 46.0 Å². The third kappa shape index (κ3) is 5.37. The number of H-pyrrole nitrogens is 1. The second-order valence-corrected chi connectivity index (χ2v) is 7.29. The lowest BCUT2D eigenvalue weighted by molar-refractivity contribution is 0.238.